The summed E-state index contributed by atoms with van der Waals surface area (Å²) in [4.78, 5) is 0. The van der Waals surface area contributed by atoms with Crippen LogP contribution in [0.25, 0.3) is 0 Å². The Morgan fingerprint density at radius 2 is 2.07 bits per heavy atom. The van der Waals surface area contributed by atoms with Gasteiger partial charge in [-0.05, 0) is 29.8 Å². The van der Waals surface area contributed by atoms with E-state index in [2.05, 4.69) is 5.32 Å². The second-order valence-corrected chi connectivity index (χ2v) is 3.31. The van der Waals surface area contributed by atoms with E-state index in [0.29, 0.717) is 13.1 Å². The van der Waals surface area contributed by atoms with Gasteiger partial charge in [-0.25, -0.2) is 4.39 Å². The van der Waals surface area contributed by atoms with E-state index in [1.54, 1.807) is 12.3 Å². The summed E-state index contributed by atoms with van der Waals surface area (Å²) in [5.41, 5.74) is 0.932. The maximum atomic E-state index is 12.8. The summed E-state index contributed by atoms with van der Waals surface area (Å²) in [6, 6.07) is 10.3. The summed E-state index contributed by atoms with van der Waals surface area (Å²) in [6.45, 7) is 1.29. The molecule has 0 saturated carbocycles. The van der Waals surface area contributed by atoms with Gasteiger partial charge in [-0.2, -0.15) is 0 Å². The van der Waals surface area contributed by atoms with Gasteiger partial charge in [0.05, 0.1) is 12.8 Å². The molecular weight excluding hydrogens is 193 g/mol. The van der Waals surface area contributed by atoms with E-state index < -0.39 is 0 Å². The maximum Gasteiger partial charge on any atom is 0.123 e. The molecule has 2 nitrogen and oxygen atoms in total. The van der Waals surface area contributed by atoms with Gasteiger partial charge in [-0.3, -0.25) is 0 Å². The van der Waals surface area contributed by atoms with Gasteiger partial charge in [0, 0.05) is 6.54 Å². The molecular formula is C12H12FNO. The van der Waals surface area contributed by atoms with Crippen LogP contribution in [0.1, 0.15) is 11.3 Å². The summed E-state index contributed by atoms with van der Waals surface area (Å²) < 4.78 is 18.0. The lowest BCUT2D eigenvalue weighted by Gasteiger charge is -2.02. The number of furan rings is 1. The molecule has 1 aromatic carbocycles. The fraction of sp³-hybridized carbons (Fsp3) is 0.167. The van der Waals surface area contributed by atoms with E-state index in [-0.39, 0.29) is 5.82 Å². The van der Waals surface area contributed by atoms with Crippen LogP contribution in [0.3, 0.4) is 0 Å². The van der Waals surface area contributed by atoms with Gasteiger partial charge >= 0.3 is 0 Å². The van der Waals surface area contributed by atoms with Crippen molar-refractivity contribution in [1.82, 2.24) is 5.32 Å². The smallest absolute Gasteiger partial charge is 0.123 e. The molecule has 0 unspecified atom stereocenters. The average Bonchev–Trinajstić information content (AvgIpc) is 2.71. The summed E-state index contributed by atoms with van der Waals surface area (Å²) in [6.07, 6.45) is 1.64. The van der Waals surface area contributed by atoms with Crippen LogP contribution in [0.2, 0.25) is 0 Å². The lowest BCUT2D eigenvalue weighted by atomic mass is 10.2. The highest BCUT2D eigenvalue weighted by molar-refractivity contribution is 5.16. The monoisotopic (exact) mass is 205 g/mol. The highest BCUT2D eigenvalue weighted by atomic mass is 19.1. The topological polar surface area (TPSA) is 25.2 Å². The minimum absolute atomic E-state index is 0.202. The first-order valence-corrected chi connectivity index (χ1v) is 4.82. The molecule has 0 atom stereocenters. The molecule has 1 N–H and O–H groups in total. The van der Waals surface area contributed by atoms with E-state index in [9.17, 15) is 4.39 Å². The number of halogens is 1. The molecule has 0 aliphatic heterocycles. The molecule has 2 aromatic rings. The molecule has 0 bridgehead atoms. The predicted molar refractivity (Wildman–Crippen MR) is 55.7 cm³/mol. The first kappa shape index (κ1) is 9.93. The highest BCUT2D eigenvalue weighted by Crippen LogP contribution is 2.04. The molecule has 0 saturated heterocycles. The Bertz CT molecular complexity index is 411. The summed E-state index contributed by atoms with van der Waals surface area (Å²) in [5, 5.41) is 3.17. The van der Waals surface area contributed by atoms with Gasteiger partial charge in [0.25, 0.3) is 0 Å². The Hall–Kier alpha value is -1.61. The summed E-state index contributed by atoms with van der Waals surface area (Å²) in [7, 11) is 0. The third-order valence-corrected chi connectivity index (χ3v) is 2.10. The van der Waals surface area contributed by atoms with Crippen molar-refractivity contribution in [3.05, 3.63) is 59.8 Å². The van der Waals surface area contributed by atoms with Gasteiger partial charge in [-0.1, -0.05) is 12.1 Å². The van der Waals surface area contributed by atoms with Crippen molar-refractivity contribution < 1.29 is 8.81 Å². The Labute approximate surface area is 87.7 Å². The van der Waals surface area contributed by atoms with E-state index in [1.165, 1.54) is 12.1 Å². The summed E-state index contributed by atoms with van der Waals surface area (Å²) in [5.74, 6) is 0.679. The SMILES string of the molecule is Fc1cccc(CNCc2ccco2)c1. The quantitative estimate of drug-likeness (QED) is 0.830. The van der Waals surface area contributed by atoms with Gasteiger partial charge in [-0.15, -0.1) is 0 Å². The minimum atomic E-state index is -0.202. The Morgan fingerprint density at radius 1 is 1.13 bits per heavy atom. The van der Waals surface area contributed by atoms with E-state index >= 15 is 0 Å². The average molecular weight is 205 g/mol. The fourth-order valence-corrected chi connectivity index (χ4v) is 1.39. The fourth-order valence-electron chi connectivity index (χ4n) is 1.39. The first-order chi connectivity index (χ1) is 7.34. The van der Waals surface area contributed by atoms with Crippen LogP contribution in [0.15, 0.2) is 47.1 Å². The lowest BCUT2D eigenvalue weighted by Crippen LogP contribution is -2.12. The largest absolute Gasteiger partial charge is 0.468 e. The van der Waals surface area contributed by atoms with Crippen molar-refractivity contribution in [2.24, 2.45) is 0 Å². The van der Waals surface area contributed by atoms with Gasteiger partial charge < -0.3 is 9.73 Å². The molecule has 1 heterocycles. The zero-order chi connectivity index (χ0) is 10.5. The number of hydrogen-bond acceptors (Lipinski definition) is 2. The van der Waals surface area contributed by atoms with E-state index in [1.807, 2.05) is 18.2 Å². The number of hydrogen-bond donors (Lipinski definition) is 1. The normalized spacial score (nSPS) is 10.5. The Kier molecular flexibility index (Phi) is 3.15. The number of nitrogens with one attached hydrogen (secondary N) is 1. The molecule has 2 rings (SSSR count). The van der Waals surface area contributed by atoms with Crippen LogP contribution in [0, 0.1) is 5.82 Å². The molecule has 0 spiro atoms. The standard InChI is InChI=1S/C12H12FNO/c13-11-4-1-3-10(7-11)8-14-9-12-5-2-6-15-12/h1-7,14H,8-9H2. The zero-order valence-corrected chi connectivity index (χ0v) is 8.24. The van der Waals surface area contributed by atoms with Crippen molar-refractivity contribution in [1.29, 1.82) is 0 Å². The highest BCUT2D eigenvalue weighted by Gasteiger charge is 1.97. The molecule has 3 heteroatoms. The second kappa shape index (κ2) is 4.75. The van der Waals surface area contributed by atoms with E-state index in [0.717, 1.165) is 11.3 Å². The van der Waals surface area contributed by atoms with Crippen LogP contribution in [0.4, 0.5) is 4.39 Å². The third kappa shape index (κ3) is 2.92. The molecule has 0 aliphatic rings. The van der Waals surface area contributed by atoms with Gasteiger partial charge in [0.1, 0.15) is 11.6 Å². The predicted octanol–water partition coefficient (Wildman–Crippen LogP) is 2.71. The van der Waals surface area contributed by atoms with Crippen LogP contribution in [-0.4, -0.2) is 0 Å². The third-order valence-electron chi connectivity index (χ3n) is 2.10. The van der Waals surface area contributed by atoms with Crippen LogP contribution in [-0.2, 0) is 13.1 Å². The summed E-state index contributed by atoms with van der Waals surface area (Å²) >= 11 is 0. The number of benzene rings is 1. The van der Waals surface area contributed by atoms with E-state index in [4.69, 9.17) is 4.42 Å². The van der Waals surface area contributed by atoms with Gasteiger partial charge in [0.2, 0.25) is 0 Å². The number of rotatable bonds is 4. The van der Waals surface area contributed by atoms with Crippen molar-refractivity contribution in [2.75, 3.05) is 0 Å². The second-order valence-electron chi connectivity index (χ2n) is 3.31. The molecule has 0 aliphatic carbocycles. The molecule has 1 aromatic heterocycles. The Morgan fingerprint density at radius 3 is 2.80 bits per heavy atom. The molecule has 0 amide bonds. The van der Waals surface area contributed by atoms with Crippen LogP contribution >= 0.6 is 0 Å². The van der Waals surface area contributed by atoms with Crippen LogP contribution in [0.5, 0.6) is 0 Å². The molecule has 78 valence electrons. The van der Waals surface area contributed by atoms with Crippen molar-refractivity contribution in [3.8, 4) is 0 Å². The van der Waals surface area contributed by atoms with Crippen LogP contribution < -0.4 is 5.32 Å². The maximum absolute atomic E-state index is 12.8. The van der Waals surface area contributed by atoms with Crippen molar-refractivity contribution >= 4 is 0 Å². The van der Waals surface area contributed by atoms with Gasteiger partial charge in [0.15, 0.2) is 0 Å². The molecule has 15 heavy (non-hydrogen) atoms. The van der Waals surface area contributed by atoms with Crippen molar-refractivity contribution in [3.63, 3.8) is 0 Å². The molecule has 0 fully saturated rings. The molecule has 0 radical (unpaired) electrons. The first-order valence-electron chi connectivity index (χ1n) is 4.82. The van der Waals surface area contributed by atoms with Crippen molar-refractivity contribution in [2.45, 2.75) is 13.1 Å². The minimum Gasteiger partial charge on any atom is -0.468 e. The lowest BCUT2D eigenvalue weighted by molar-refractivity contribution is 0.482. The Balaban J connectivity index is 1.83. The zero-order valence-electron chi connectivity index (χ0n) is 8.24.